The van der Waals surface area contributed by atoms with Crippen molar-refractivity contribution >= 4 is 35.4 Å². The van der Waals surface area contributed by atoms with Crippen LogP contribution < -0.4 is 10.2 Å². The number of H-pyrrole nitrogens is 1. The van der Waals surface area contributed by atoms with E-state index >= 15 is 0 Å². The van der Waals surface area contributed by atoms with E-state index in [1.54, 1.807) is 12.1 Å². The van der Waals surface area contributed by atoms with Crippen LogP contribution in [0, 0.1) is 17.8 Å². The van der Waals surface area contributed by atoms with Crippen molar-refractivity contribution in [1.82, 2.24) is 9.97 Å². The average Bonchev–Trinajstić information content (AvgIpc) is 3.57. The lowest BCUT2D eigenvalue weighted by molar-refractivity contribution is -0.140. The number of Topliss-reactive ketones (excluding diaryl/α,β-unsaturated/α-hetero) is 1. The molecule has 2 fully saturated rings. The summed E-state index contributed by atoms with van der Waals surface area (Å²) in [7, 11) is -0.450. The zero-order valence-electron chi connectivity index (χ0n) is 23.8. The van der Waals surface area contributed by atoms with Gasteiger partial charge in [0.25, 0.3) is 0 Å². The third-order valence-electron chi connectivity index (χ3n) is 8.81. The van der Waals surface area contributed by atoms with E-state index in [1.165, 1.54) is 0 Å². The van der Waals surface area contributed by atoms with Crippen molar-refractivity contribution in [2.24, 2.45) is 17.8 Å². The fourth-order valence-corrected chi connectivity index (χ4v) is 5.76. The molecule has 3 aromatic rings. The van der Waals surface area contributed by atoms with E-state index in [-0.39, 0.29) is 35.9 Å². The number of nitrogens with one attached hydrogen (secondary N) is 1. The second kappa shape index (κ2) is 10.5. The third-order valence-corrected chi connectivity index (χ3v) is 8.81. The van der Waals surface area contributed by atoms with Crippen LogP contribution in [0.4, 0.5) is 0 Å². The Kier molecular flexibility index (Phi) is 7.46. The highest BCUT2D eigenvalue weighted by atomic mass is 16.7. The van der Waals surface area contributed by atoms with Gasteiger partial charge in [0, 0.05) is 17.8 Å². The molecule has 1 unspecified atom stereocenters. The number of carbonyl (C=O) groups is 2. The summed E-state index contributed by atoms with van der Waals surface area (Å²) in [6.07, 6.45) is 2.72. The number of rotatable bonds is 8. The molecule has 3 atom stereocenters. The second-order valence-electron chi connectivity index (χ2n) is 12.4. The molecule has 0 bridgehead atoms. The highest BCUT2D eigenvalue weighted by Gasteiger charge is 2.51. The molecular formula is C31H39BN2O5. The maximum Gasteiger partial charge on any atom is 0.494 e. The van der Waals surface area contributed by atoms with Crippen LogP contribution in [-0.2, 0) is 18.9 Å². The molecule has 206 valence electrons. The van der Waals surface area contributed by atoms with E-state index in [0.29, 0.717) is 5.75 Å². The van der Waals surface area contributed by atoms with Crippen LogP contribution in [0.1, 0.15) is 79.0 Å². The number of aromatic amines is 1. The molecule has 8 heteroatoms. The lowest BCUT2D eigenvalue weighted by Crippen LogP contribution is -2.41. The number of para-hydroxylation sites is 1. The molecule has 1 aliphatic carbocycles. The van der Waals surface area contributed by atoms with Crippen LogP contribution in [0.25, 0.3) is 11.0 Å². The summed E-state index contributed by atoms with van der Waals surface area (Å²) in [4.78, 5) is 35.0. The first-order valence-corrected chi connectivity index (χ1v) is 14.1. The predicted molar refractivity (Wildman–Crippen MR) is 152 cm³/mol. The minimum absolute atomic E-state index is 0.00316. The Hall–Kier alpha value is -2.97. The Bertz CT molecular complexity index is 1330. The lowest BCUT2D eigenvalue weighted by atomic mass is 9.78. The van der Waals surface area contributed by atoms with Crippen LogP contribution in [0.15, 0.2) is 48.5 Å². The summed E-state index contributed by atoms with van der Waals surface area (Å²) in [5.41, 5.74) is 1.87. The zero-order chi connectivity index (χ0) is 27.9. The highest BCUT2D eigenvalue weighted by Crippen LogP contribution is 2.42. The van der Waals surface area contributed by atoms with E-state index in [4.69, 9.17) is 19.0 Å². The molecule has 2 aromatic carbocycles. The Morgan fingerprint density at radius 3 is 2.41 bits per heavy atom. The first kappa shape index (κ1) is 27.6. The van der Waals surface area contributed by atoms with E-state index in [0.717, 1.165) is 41.6 Å². The molecule has 5 rings (SSSR count). The largest absolute Gasteiger partial charge is 0.494 e. The van der Waals surface area contributed by atoms with Crippen LogP contribution in [0.2, 0.25) is 0 Å². The Morgan fingerprint density at radius 1 is 1.05 bits per heavy atom. The van der Waals surface area contributed by atoms with Crippen molar-refractivity contribution in [3.63, 3.8) is 0 Å². The van der Waals surface area contributed by atoms with Gasteiger partial charge >= 0.3 is 13.1 Å². The van der Waals surface area contributed by atoms with Gasteiger partial charge in [-0.3, -0.25) is 9.59 Å². The topological polar surface area (TPSA) is 90.5 Å². The van der Waals surface area contributed by atoms with Gasteiger partial charge in [-0.1, -0.05) is 44.5 Å². The lowest BCUT2D eigenvalue weighted by Gasteiger charge is -2.32. The van der Waals surface area contributed by atoms with Gasteiger partial charge in [0.05, 0.1) is 28.7 Å². The maximum atomic E-state index is 13.8. The molecule has 2 aliphatic rings. The smallest absolute Gasteiger partial charge is 0.427 e. The Labute approximate surface area is 231 Å². The van der Waals surface area contributed by atoms with E-state index in [9.17, 15) is 9.59 Å². The highest BCUT2D eigenvalue weighted by molar-refractivity contribution is 6.62. The average molecular weight is 530 g/mol. The summed E-state index contributed by atoms with van der Waals surface area (Å²) in [6, 6.07) is 15.0. The number of hydrogen-bond donors (Lipinski definition) is 1. The van der Waals surface area contributed by atoms with Gasteiger partial charge in [0.1, 0.15) is 17.4 Å². The van der Waals surface area contributed by atoms with E-state index in [2.05, 4.69) is 4.98 Å². The van der Waals surface area contributed by atoms with Gasteiger partial charge < -0.3 is 19.0 Å². The fraction of sp³-hybridized carbons (Fsp3) is 0.516. The molecule has 1 aromatic heterocycles. The molecule has 0 amide bonds. The number of fused-ring (bicyclic) bond motifs is 1. The van der Waals surface area contributed by atoms with Crippen molar-refractivity contribution in [3.05, 3.63) is 54.4 Å². The number of ketones is 1. The monoisotopic (exact) mass is 530 g/mol. The molecule has 2 heterocycles. The number of ether oxygens (including phenoxy) is 1. The zero-order valence-corrected chi connectivity index (χ0v) is 23.8. The number of imidazole rings is 1. The van der Waals surface area contributed by atoms with Crippen LogP contribution >= 0.6 is 0 Å². The third kappa shape index (κ3) is 5.55. The number of aromatic nitrogens is 2. The van der Waals surface area contributed by atoms with Crippen molar-refractivity contribution in [1.29, 1.82) is 0 Å². The molecule has 0 spiro atoms. The fourth-order valence-electron chi connectivity index (χ4n) is 5.76. The predicted octanol–water partition coefficient (Wildman–Crippen LogP) is 5.58. The molecule has 39 heavy (non-hydrogen) atoms. The maximum absolute atomic E-state index is 13.8. The first-order chi connectivity index (χ1) is 18.4. The summed E-state index contributed by atoms with van der Waals surface area (Å²) >= 11 is 0. The van der Waals surface area contributed by atoms with Gasteiger partial charge in [-0.2, -0.15) is 0 Å². The molecule has 1 N–H and O–H groups in total. The van der Waals surface area contributed by atoms with Gasteiger partial charge in [-0.15, -0.1) is 0 Å². The van der Waals surface area contributed by atoms with Gasteiger partial charge in [-0.05, 0) is 76.2 Å². The molecule has 1 saturated heterocycles. The second-order valence-corrected chi connectivity index (χ2v) is 12.4. The van der Waals surface area contributed by atoms with Crippen LogP contribution in [0.5, 0.6) is 5.75 Å². The van der Waals surface area contributed by atoms with Gasteiger partial charge in [0.2, 0.25) is 0 Å². The van der Waals surface area contributed by atoms with E-state index < -0.39 is 24.2 Å². The summed E-state index contributed by atoms with van der Waals surface area (Å²) in [6.45, 7) is 12.2. The van der Waals surface area contributed by atoms with Crippen molar-refractivity contribution in [2.75, 3.05) is 0 Å². The quantitative estimate of drug-likeness (QED) is 0.232. The molecule has 7 nitrogen and oxygen atoms in total. The number of hydrogen-bond acceptors (Lipinski definition) is 6. The van der Waals surface area contributed by atoms with Crippen LogP contribution in [0.3, 0.4) is 0 Å². The number of carbonyl (C=O) groups excluding carboxylic acids is 2. The van der Waals surface area contributed by atoms with Gasteiger partial charge in [0.15, 0.2) is 0 Å². The van der Waals surface area contributed by atoms with Crippen molar-refractivity contribution in [3.8, 4) is 5.75 Å². The Morgan fingerprint density at radius 2 is 1.74 bits per heavy atom. The molecule has 1 aliphatic heterocycles. The summed E-state index contributed by atoms with van der Waals surface area (Å²) in [5.74, 6) is 0.547. The van der Waals surface area contributed by atoms with Crippen LogP contribution in [-0.4, -0.2) is 40.0 Å². The van der Waals surface area contributed by atoms with Crippen molar-refractivity contribution < 1.29 is 23.6 Å². The molecule has 1 saturated carbocycles. The number of benzene rings is 2. The molecular weight excluding hydrogens is 491 g/mol. The minimum atomic E-state index is -0.450. The Balaban J connectivity index is 1.32. The molecule has 0 radical (unpaired) electrons. The minimum Gasteiger partial charge on any atom is -0.427 e. The standard InChI is InChI=1S/C31H39BN2O5/c1-19(2)24(18-27(35)37-21-11-8-7-9-12-21)28(36)22-13-10-14-23(22)29-33-25-16-15-20(17-26(25)34-29)32-38-30(3,4)31(5,6)39-32/h7-9,11-12,15-17,19,22-24H,10,13-14,18H2,1-6H3,(H,33,34)/t22?,23-,24+/m1/s1. The normalized spacial score (nSPS) is 22.9. The number of esters is 1. The van der Waals surface area contributed by atoms with Crippen molar-refractivity contribution in [2.45, 2.75) is 84.3 Å². The van der Waals surface area contributed by atoms with Gasteiger partial charge in [-0.25, -0.2) is 4.98 Å². The summed E-state index contributed by atoms with van der Waals surface area (Å²) in [5, 5.41) is 0. The van der Waals surface area contributed by atoms with E-state index in [1.807, 2.05) is 77.9 Å². The summed E-state index contributed by atoms with van der Waals surface area (Å²) < 4.78 is 18.0. The first-order valence-electron chi connectivity index (χ1n) is 14.1. The number of nitrogens with zero attached hydrogens (tertiary/aromatic N) is 1. The SMILES string of the molecule is CC(C)[C@H](CC(=O)Oc1ccccc1)C(=O)C1CCC[C@H]1c1nc2ccc(B3OC(C)(C)C(C)(C)O3)cc2[nH]1.